The number of ether oxygens (including phenoxy) is 4. The van der Waals surface area contributed by atoms with E-state index < -0.39 is 16.1 Å². The van der Waals surface area contributed by atoms with Gasteiger partial charge in [0.2, 0.25) is 0 Å². The van der Waals surface area contributed by atoms with Gasteiger partial charge in [-0.3, -0.25) is 4.79 Å². The first-order valence-electron chi connectivity index (χ1n) is 10.9. The Bertz CT molecular complexity index is 1380. The first-order valence-corrected chi connectivity index (χ1v) is 12.3. The lowest BCUT2D eigenvalue weighted by atomic mass is 10.1. The normalized spacial score (nSPS) is 11.2. The third kappa shape index (κ3) is 6.04. The van der Waals surface area contributed by atoms with E-state index in [0.717, 1.165) is 6.21 Å². The molecule has 3 rings (SSSR count). The highest BCUT2D eigenvalue weighted by atomic mass is 32.2. The van der Waals surface area contributed by atoms with E-state index in [9.17, 15) is 13.2 Å². The lowest BCUT2D eigenvalue weighted by Gasteiger charge is -2.22. The number of para-hydroxylation sites is 2. The van der Waals surface area contributed by atoms with E-state index in [2.05, 4.69) is 4.40 Å². The number of rotatable bonds is 10. The second-order valence-electron chi connectivity index (χ2n) is 7.61. The Morgan fingerprint density at radius 1 is 0.865 bits per heavy atom. The SMILES string of the molecule is COc1cc(OC)c(CC=NS(=O)(=O)N(C(=O)c2cc(N)cc(N)c2)c2ccccc2OC)c(OC)c1. The van der Waals surface area contributed by atoms with Crippen LogP contribution in [0, 0.1) is 0 Å². The fourth-order valence-corrected chi connectivity index (χ4v) is 4.67. The van der Waals surface area contributed by atoms with Crippen LogP contribution in [-0.2, 0) is 16.6 Å². The van der Waals surface area contributed by atoms with Gasteiger partial charge in [-0.05, 0) is 30.3 Å². The zero-order valence-corrected chi connectivity index (χ0v) is 21.6. The van der Waals surface area contributed by atoms with Crippen LogP contribution in [0.15, 0.2) is 59.0 Å². The van der Waals surface area contributed by atoms with Crippen molar-refractivity contribution >= 4 is 39.4 Å². The lowest BCUT2D eigenvalue weighted by molar-refractivity contribution is 0.100. The van der Waals surface area contributed by atoms with E-state index in [1.807, 2.05) is 0 Å². The summed E-state index contributed by atoms with van der Waals surface area (Å²) in [7, 11) is 1.17. The van der Waals surface area contributed by atoms with Crippen molar-refractivity contribution in [3.05, 3.63) is 65.7 Å². The molecule has 11 nitrogen and oxygen atoms in total. The lowest BCUT2D eigenvalue weighted by Crippen LogP contribution is -2.36. The first-order chi connectivity index (χ1) is 17.6. The van der Waals surface area contributed by atoms with Gasteiger partial charge in [0.05, 0.1) is 28.4 Å². The van der Waals surface area contributed by atoms with Gasteiger partial charge in [0.1, 0.15) is 28.7 Å². The fourth-order valence-electron chi connectivity index (χ4n) is 3.60. The number of amides is 1. The van der Waals surface area contributed by atoms with E-state index in [0.29, 0.717) is 27.1 Å². The Morgan fingerprint density at radius 3 is 1.97 bits per heavy atom. The summed E-state index contributed by atoms with van der Waals surface area (Å²) in [5.41, 5.74) is 12.5. The topological polar surface area (TPSA) is 156 Å². The molecule has 0 bridgehead atoms. The van der Waals surface area contributed by atoms with Gasteiger partial charge in [-0.25, -0.2) is 0 Å². The summed E-state index contributed by atoms with van der Waals surface area (Å²) in [4.78, 5) is 13.5. The molecule has 0 fully saturated rings. The number of nitrogen functional groups attached to an aromatic ring is 2. The van der Waals surface area contributed by atoms with Gasteiger partial charge in [-0.15, -0.1) is 0 Å². The molecule has 0 saturated heterocycles. The maximum Gasteiger partial charge on any atom is 0.351 e. The summed E-state index contributed by atoms with van der Waals surface area (Å²) < 4.78 is 52.7. The molecule has 0 unspecified atom stereocenters. The maximum absolute atomic E-state index is 13.5. The molecule has 0 aliphatic heterocycles. The molecule has 0 radical (unpaired) electrons. The highest BCUT2D eigenvalue weighted by Gasteiger charge is 2.32. The molecule has 1 amide bonds. The molecule has 0 aliphatic carbocycles. The van der Waals surface area contributed by atoms with Crippen molar-refractivity contribution < 1.29 is 32.2 Å². The van der Waals surface area contributed by atoms with Crippen LogP contribution in [0.1, 0.15) is 15.9 Å². The Kier molecular flexibility index (Phi) is 8.45. The molecule has 4 N–H and O–H groups in total. The molecule has 12 heteroatoms. The van der Waals surface area contributed by atoms with Crippen LogP contribution in [0.5, 0.6) is 23.0 Å². The Hall–Kier alpha value is -4.45. The van der Waals surface area contributed by atoms with Crippen molar-refractivity contribution in [1.29, 1.82) is 0 Å². The minimum Gasteiger partial charge on any atom is -0.496 e. The minimum absolute atomic E-state index is 0.00869. The molecular formula is C25H28N4O7S. The Labute approximate surface area is 215 Å². The van der Waals surface area contributed by atoms with Crippen LogP contribution >= 0.6 is 0 Å². The summed E-state index contributed by atoms with van der Waals surface area (Å²) in [5, 5.41) is 0. The molecule has 3 aromatic rings. The number of methoxy groups -OCH3 is 4. The molecule has 0 aliphatic rings. The predicted molar refractivity (Wildman–Crippen MR) is 142 cm³/mol. The predicted octanol–water partition coefficient (Wildman–Crippen LogP) is 3.09. The van der Waals surface area contributed by atoms with E-state index in [-0.39, 0.29) is 34.8 Å². The van der Waals surface area contributed by atoms with E-state index in [1.54, 1.807) is 24.3 Å². The largest absolute Gasteiger partial charge is 0.496 e. The third-order valence-electron chi connectivity index (χ3n) is 5.26. The van der Waals surface area contributed by atoms with Crippen molar-refractivity contribution in [3.63, 3.8) is 0 Å². The summed E-state index contributed by atoms with van der Waals surface area (Å²) in [6.07, 6.45) is 1.15. The smallest absolute Gasteiger partial charge is 0.351 e. The number of benzene rings is 3. The van der Waals surface area contributed by atoms with Gasteiger partial charge in [0, 0.05) is 47.3 Å². The second-order valence-corrected chi connectivity index (χ2v) is 9.08. The van der Waals surface area contributed by atoms with Gasteiger partial charge >= 0.3 is 10.2 Å². The average Bonchev–Trinajstić information content (AvgIpc) is 2.88. The molecule has 0 heterocycles. The number of carbonyl (C=O) groups is 1. The molecule has 0 spiro atoms. The summed E-state index contributed by atoms with van der Waals surface area (Å²) in [5.74, 6) is 0.544. The van der Waals surface area contributed by atoms with Gasteiger partial charge < -0.3 is 30.4 Å². The quantitative estimate of drug-likeness (QED) is 0.298. The fraction of sp³-hybridized carbons (Fsp3) is 0.200. The second kappa shape index (κ2) is 11.5. The van der Waals surface area contributed by atoms with Crippen LogP contribution in [-0.4, -0.2) is 49.0 Å². The van der Waals surface area contributed by atoms with Crippen molar-refractivity contribution in [2.24, 2.45) is 4.40 Å². The van der Waals surface area contributed by atoms with Crippen molar-refractivity contribution in [3.8, 4) is 23.0 Å². The zero-order chi connectivity index (χ0) is 27.2. The van der Waals surface area contributed by atoms with Crippen LogP contribution in [0.25, 0.3) is 0 Å². The molecule has 37 heavy (non-hydrogen) atoms. The number of nitrogens with zero attached hydrogens (tertiary/aromatic N) is 2. The highest BCUT2D eigenvalue weighted by Crippen LogP contribution is 2.35. The molecule has 0 aromatic heterocycles. The maximum atomic E-state index is 13.5. The van der Waals surface area contributed by atoms with Crippen molar-refractivity contribution in [2.75, 3.05) is 44.2 Å². The van der Waals surface area contributed by atoms with Crippen LogP contribution < -0.4 is 34.7 Å². The number of hydrogen-bond acceptors (Lipinski definition) is 9. The van der Waals surface area contributed by atoms with Gasteiger partial charge in [-0.2, -0.15) is 17.1 Å². The first kappa shape index (κ1) is 27.1. The Balaban J connectivity index is 2.07. The summed E-state index contributed by atoms with van der Waals surface area (Å²) in [6, 6.07) is 13.5. The standard InChI is InChI=1S/C25H28N4O7S/c1-33-19-14-23(35-3)20(24(15-19)36-4)9-10-28-37(31,32)29(21-7-5-6-8-22(21)34-2)25(30)16-11-17(26)13-18(27)12-16/h5-8,10-15H,9,26-27H2,1-4H3. The summed E-state index contributed by atoms with van der Waals surface area (Å²) >= 11 is 0. The molecule has 0 atom stereocenters. The Morgan fingerprint density at radius 2 is 1.43 bits per heavy atom. The average molecular weight is 529 g/mol. The molecule has 3 aromatic carbocycles. The van der Waals surface area contributed by atoms with Crippen molar-refractivity contribution in [2.45, 2.75) is 6.42 Å². The third-order valence-corrected chi connectivity index (χ3v) is 6.50. The summed E-state index contributed by atoms with van der Waals surface area (Å²) in [6.45, 7) is 0. The van der Waals surface area contributed by atoms with Crippen LogP contribution in [0.2, 0.25) is 0 Å². The number of hydrogen-bond donors (Lipinski definition) is 2. The van der Waals surface area contributed by atoms with Crippen LogP contribution in [0.3, 0.4) is 0 Å². The number of carbonyl (C=O) groups excluding carboxylic acids is 1. The van der Waals surface area contributed by atoms with E-state index in [4.69, 9.17) is 30.4 Å². The van der Waals surface area contributed by atoms with E-state index >= 15 is 0 Å². The van der Waals surface area contributed by atoms with Crippen LogP contribution in [0.4, 0.5) is 17.1 Å². The highest BCUT2D eigenvalue weighted by molar-refractivity contribution is 7.92. The van der Waals surface area contributed by atoms with Gasteiger partial charge in [-0.1, -0.05) is 12.1 Å². The van der Waals surface area contributed by atoms with Gasteiger partial charge in [0.15, 0.2) is 0 Å². The van der Waals surface area contributed by atoms with Gasteiger partial charge in [0.25, 0.3) is 5.91 Å². The number of nitrogens with two attached hydrogens (primary N) is 2. The van der Waals surface area contributed by atoms with E-state index in [1.165, 1.54) is 58.8 Å². The molecular weight excluding hydrogens is 500 g/mol. The monoisotopic (exact) mass is 528 g/mol. The minimum atomic E-state index is -4.62. The zero-order valence-electron chi connectivity index (χ0n) is 20.8. The molecule has 0 saturated carbocycles. The molecule has 196 valence electrons. The number of anilines is 3. The van der Waals surface area contributed by atoms with Crippen molar-refractivity contribution in [1.82, 2.24) is 0 Å².